The highest BCUT2D eigenvalue weighted by atomic mass is 28.4. The van der Waals surface area contributed by atoms with Crippen LogP contribution in [0.1, 0.15) is 74.7 Å². The van der Waals surface area contributed by atoms with E-state index in [1.807, 2.05) is 0 Å². The van der Waals surface area contributed by atoms with Gasteiger partial charge in [-0.25, -0.2) is 0 Å². The Morgan fingerprint density at radius 1 is 0.903 bits per heavy atom. The molecule has 0 N–H and O–H groups in total. The van der Waals surface area contributed by atoms with Gasteiger partial charge in [0.25, 0.3) is 0 Å². The van der Waals surface area contributed by atoms with Crippen molar-refractivity contribution in [1.29, 1.82) is 0 Å². The Bertz CT molecular complexity index is 577. The highest BCUT2D eigenvalue weighted by Gasteiger charge is 2.48. The van der Waals surface area contributed by atoms with E-state index in [9.17, 15) is 0 Å². The number of epoxide rings is 1. The SMILES string of the molecule is C[C@H](CCC1CO1)O[C@@H]1O[C@@H](C)C(O[Si](C)(C)C(C)(C)C)CC1O[Si](C)(C)C(C)(C)C. The minimum atomic E-state index is -1.98. The fraction of sp³-hybridized carbons (Fsp3) is 1.00. The van der Waals surface area contributed by atoms with E-state index < -0.39 is 16.6 Å². The van der Waals surface area contributed by atoms with Crippen molar-refractivity contribution in [2.75, 3.05) is 6.61 Å². The summed E-state index contributed by atoms with van der Waals surface area (Å²) in [7, 11) is -3.89. The highest BCUT2D eigenvalue weighted by Crippen LogP contribution is 2.42. The number of rotatable bonds is 9. The summed E-state index contributed by atoms with van der Waals surface area (Å²) in [5, 5.41) is 0.292. The van der Waals surface area contributed by atoms with E-state index in [0.717, 1.165) is 25.9 Å². The topological polar surface area (TPSA) is 49.5 Å². The lowest BCUT2D eigenvalue weighted by Gasteiger charge is -2.48. The zero-order valence-electron chi connectivity index (χ0n) is 22.3. The molecule has 2 aliphatic rings. The molecular weight excluding hydrogens is 424 g/mol. The summed E-state index contributed by atoms with van der Waals surface area (Å²) >= 11 is 0. The maximum atomic E-state index is 6.87. The number of hydrogen-bond acceptors (Lipinski definition) is 5. The molecule has 0 aliphatic carbocycles. The van der Waals surface area contributed by atoms with Crippen LogP contribution in [-0.2, 0) is 23.1 Å². The van der Waals surface area contributed by atoms with Gasteiger partial charge in [0.1, 0.15) is 0 Å². The van der Waals surface area contributed by atoms with Gasteiger partial charge in [-0.3, -0.25) is 0 Å². The van der Waals surface area contributed by atoms with Gasteiger partial charge < -0.3 is 23.1 Å². The smallest absolute Gasteiger partial charge is 0.192 e. The summed E-state index contributed by atoms with van der Waals surface area (Å²) in [6.07, 6.45) is 2.96. The normalized spacial score (nSPS) is 31.5. The number of hydrogen-bond donors (Lipinski definition) is 0. The van der Waals surface area contributed by atoms with Crippen LogP contribution in [0, 0.1) is 0 Å². The molecule has 3 unspecified atom stereocenters. The van der Waals surface area contributed by atoms with Crippen molar-refractivity contribution in [2.24, 2.45) is 0 Å². The zero-order valence-corrected chi connectivity index (χ0v) is 24.3. The molecule has 0 saturated carbocycles. The van der Waals surface area contributed by atoms with Crippen LogP contribution in [0.4, 0.5) is 0 Å². The fourth-order valence-corrected chi connectivity index (χ4v) is 6.06. The van der Waals surface area contributed by atoms with E-state index in [0.29, 0.717) is 6.10 Å². The van der Waals surface area contributed by atoms with Crippen molar-refractivity contribution in [3.8, 4) is 0 Å². The van der Waals surface area contributed by atoms with Gasteiger partial charge in [0, 0.05) is 6.42 Å². The van der Waals surface area contributed by atoms with Crippen LogP contribution in [0.2, 0.25) is 36.3 Å². The minimum Gasteiger partial charge on any atom is -0.411 e. The third-order valence-corrected chi connectivity index (χ3v) is 16.8. The first-order chi connectivity index (χ1) is 13.9. The van der Waals surface area contributed by atoms with Gasteiger partial charge in [0.05, 0.1) is 37.1 Å². The van der Waals surface area contributed by atoms with Gasteiger partial charge in [-0.05, 0) is 63.0 Å². The molecule has 31 heavy (non-hydrogen) atoms. The molecule has 2 rings (SSSR count). The van der Waals surface area contributed by atoms with Crippen molar-refractivity contribution in [3.05, 3.63) is 0 Å². The Morgan fingerprint density at radius 3 is 1.84 bits per heavy atom. The molecular formula is C24H50O5Si2. The van der Waals surface area contributed by atoms with Crippen molar-refractivity contribution >= 4 is 16.6 Å². The second-order valence-corrected chi connectivity index (χ2v) is 22.3. The summed E-state index contributed by atoms with van der Waals surface area (Å²) in [5.41, 5.74) is 0. The molecule has 184 valence electrons. The molecule has 6 atom stereocenters. The van der Waals surface area contributed by atoms with Gasteiger partial charge in [0.2, 0.25) is 0 Å². The molecule has 0 aromatic heterocycles. The van der Waals surface area contributed by atoms with Gasteiger partial charge in [0.15, 0.2) is 22.9 Å². The van der Waals surface area contributed by atoms with Crippen LogP contribution in [0.5, 0.6) is 0 Å². The van der Waals surface area contributed by atoms with Gasteiger partial charge in [-0.1, -0.05) is 41.5 Å². The quantitative estimate of drug-likeness (QED) is 0.282. The highest BCUT2D eigenvalue weighted by molar-refractivity contribution is 6.74. The molecule has 0 radical (unpaired) electrons. The van der Waals surface area contributed by atoms with Crippen LogP contribution in [0.15, 0.2) is 0 Å². The second kappa shape index (κ2) is 9.84. The first-order valence-corrected chi connectivity index (χ1v) is 18.0. The Kier molecular flexibility index (Phi) is 8.73. The maximum absolute atomic E-state index is 6.87. The molecule has 0 bridgehead atoms. The third kappa shape index (κ3) is 7.62. The molecule has 2 aliphatic heterocycles. The standard InChI is InChI=1S/C24H50O5Si2/c1-17(13-14-19-16-25-19)26-22-21(29-31(11,12)24(6,7)8)15-20(18(2)27-22)28-30(9,10)23(3,4)5/h17-22H,13-16H2,1-12H3/t17-,18+,19?,20?,21?,22-/m1/s1. The van der Waals surface area contributed by atoms with Crippen LogP contribution >= 0.6 is 0 Å². The van der Waals surface area contributed by atoms with Crippen LogP contribution in [-0.4, -0.2) is 60.1 Å². The average Bonchev–Trinajstić information content (AvgIpc) is 3.39. The molecule has 0 aromatic rings. The van der Waals surface area contributed by atoms with Crippen LogP contribution < -0.4 is 0 Å². The fourth-order valence-electron chi connectivity index (χ4n) is 3.35. The molecule has 0 aromatic carbocycles. The Morgan fingerprint density at radius 2 is 1.39 bits per heavy atom. The average molecular weight is 475 g/mol. The number of ether oxygens (including phenoxy) is 3. The van der Waals surface area contributed by atoms with E-state index in [1.54, 1.807) is 0 Å². The van der Waals surface area contributed by atoms with E-state index in [2.05, 4.69) is 81.6 Å². The molecule has 5 nitrogen and oxygen atoms in total. The van der Waals surface area contributed by atoms with Gasteiger partial charge in [-0.2, -0.15) is 0 Å². The largest absolute Gasteiger partial charge is 0.411 e. The molecule has 2 saturated heterocycles. The lowest BCUT2D eigenvalue weighted by Crippen LogP contribution is -2.57. The Hall–Kier alpha value is 0.234. The maximum Gasteiger partial charge on any atom is 0.192 e. The summed E-state index contributed by atoms with van der Waals surface area (Å²) in [5.74, 6) is 0. The minimum absolute atomic E-state index is 0.0163. The van der Waals surface area contributed by atoms with Crippen molar-refractivity contribution in [2.45, 2.75) is 148 Å². The van der Waals surface area contributed by atoms with Crippen LogP contribution in [0.25, 0.3) is 0 Å². The van der Waals surface area contributed by atoms with Crippen molar-refractivity contribution in [1.82, 2.24) is 0 Å². The third-order valence-electron chi connectivity index (χ3n) is 7.81. The van der Waals surface area contributed by atoms with E-state index in [1.165, 1.54) is 0 Å². The summed E-state index contributed by atoms with van der Waals surface area (Å²) in [6.45, 7) is 28.1. The molecule has 2 fully saturated rings. The van der Waals surface area contributed by atoms with Crippen molar-refractivity contribution < 1.29 is 23.1 Å². The Balaban J connectivity index is 2.14. The lowest BCUT2D eigenvalue weighted by molar-refractivity contribution is -0.268. The summed E-state index contributed by atoms with van der Waals surface area (Å²) in [6, 6.07) is 0. The molecule has 2 heterocycles. The first-order valence-electron chi connectivity index (χ1n) is 12.2. The van der Waals surface area contributed by atoms with Gasteiger partial charge in [-0.15, -0.1) is 0 Å². The van der Waals surface area contributed by atoms with E-state index >= 15 is 0 Å². The van der Waals surface area contributed by atoms with E-state index in [4.69, 9.17) is 23.1 Å². The summed E-state index contributed by atoms with van der Waals surface area (Å²) in [4.78, 5) is 0. The summed E-state index contributed by atoms with van der Waals surface area (Å²) < 4.78 is 31.9. The Labute approximate surface area is 194 Å². The molecule has 7 heteroatoms. The molecule has 0 amide bonds. The zero-order chi connectivity index (χ0) is 23.8. The molecule has 0 spiro atoms. The lowest BCUT2D eigenvalue weighted by atomic mass is 10.0. The van der Waals surface area contributed by atoms with Crippen molar-refractivity contribution in [3.63, 3.8) is 0 Å². The van der Waals surface area contributed by atoms with E-state index in [-0.39, 0.29) is 40.8 Å². The van der Waals surface area contributed by atoms with Gasteiger partial charge >= 0.3 is 0 Å². The monoisotopic (exact) mass is 474 g/mol. The van der Waals surface area contributed by atoms with Crippen LogP contribution in [0.3, 0.4) is 0 Å². The first kappa shape index (κ1) is 27.5. The second-order valence-electron chi connectivity index (χ2n) is 12.8. The predicted octanol–water partition coefficient (Wildman–Crippen LogP) is 6.49. The predicted molar refractivity (Wildman–Crippen MR) is 133 cm³/mol.